The molecule has 0 aliphatic carbocycles. The fourth-order valence-electron chi connectivity index (χ4n) is 1.96. The lowest BCUT2D eigenvalue weighted by Gasteiger charge is -2.08. The van der Waals surface area contributed by atoms with E-state index in [-0.39, 0.29) is 5.97 Å². The maximum atomic E-state index is 11.8. The second-order valence-electron chi connectivity index (χ2n) is 4.17. The average molecular weight is 257 g/mol. The van der Waals surface area contributed by atoms with E-state index in [1.165, 1.54) is 6.20 Å². The molecule has 0 unspecified atom stereocenters. The third-order valence-corrected chi connectivity index (χ3v) is 2.81. The normalized spacial score (nSPS) is 10.2. The minimum atomic E-state index is -0.379. The van der Waals surface area contributed by atoms with Crippen molar-refractivity contribution in [2.24, 2.45) is 0 Å². The van der Waals surface area contributed by atoms with E-state index >= 15 is 0 Å². The van der Waals surface area contributed by atoms with E-state index < -0.39 is 0 Å². The first kappa shape index (κ1) is 13.1. The van der Waals surface area contributed by atoms with Crippen molar-refractivity contribution < 1.29 is 14.3 Å². The molecule has 0 aliphatic rings. The van der Waals surface area contributed by atoms with E-state index in [1.54, 1.807) is 37.3 Å². The lowest BCUT2D eigenvalue weighted by Crippen LogP contribution is -2.29. The van der Waals surface area contributed by atoms with Crippen molar-refractivity contribution in [2.45, 2.75) is 13.8 Å². The number of ether oxygens (including phenoxy) is 1. The first-order chi connectivity index (χ1) is 9.13. The molecule has 0 atom stereocenters. The van der Waals surface area contributed by atoms with Crippen LogP contribution in [0.2, 0.25) is 0 Å². The Morgan fingerprint density at radius 3 is 2.79 bits per heavy atom. The van der Waals surface area contributed by atoms with Gasteiger partial charge >= 0.3 is 5.97 Å². The zero-order valence-electron chi connectivity index (χ0n) is 10.9. The number of pyridine rings is 1. The molecule has 4 heteroatoms. The third kappa shape index (κ3) is 2.73. The highest BCUT2D eigenvalue weighted by Gasteiger charge is 2.14. The molecule has 0 saturated carbocycles. The van der Waals surface area contributed by atoms with Crippen LogP contribution in [0.5, 0.6) is 0 Å². The maximum absolute atomic E-state index is 11.8. The van der Waals surface area contributed by atoms with Crippen LogP contribution in [-0.2, 0) is 4.74 Å². The number of carbonyl (C=O) groups excluding carboxylic acids is 1. The maximum Gasteiger partial charge on any atom is 0.338 e. The van der Waals surface area contributed by atoms with Crippen LogP contribution in [0.25, 0.3) is 11.3 Å². The van der Waals surface area contributed by atoms with Gasteiger partial charge in [-0.15, -0.1) is 0 Å². The molecule has 0 N–H and O–H groups in total. The number of benzene rings is 1. The minimum absolute atomic E-state index is 0.328. The highest BCUT2D eigenvalue weighted by atomic mass is 16.5. The summed E-state index contributed by atoms with van der Waals surface area (Å²) in [6, 6.07) is 10.5. The van der Waals surface area contributed by atoms with Gasteiger partial charge in [0, 0.05) is 17.2 Å². The van der Waals surface area contributed by atoms with E-state index in [1.807, 2.05) is 13.0 Å². The molecule has 0 saturated heterocycles. The van der Waals surface area contributed by atoms with Crippen molar-refractivity contribution in [3.8, 4) is 11.3 Å². The Balaban J connectivity index is 2.47. The van der Waals surface area contributed by atoms with Crippen LogP contribution in [0.3, 0.4) is 0 Å². The summed E-state index contributed by atoms with van der Waals surface area (Å²) >= 11 is 0. The molecule has 0 bridgehead atoms. The number of nitrogens with zero attached hydrogens (tertiary/aromatic N) is 1. The number of carbonyl (C=O) groups is 1. The summed E-state index contributed by atoms with van der Waals surface area (Å²) in [5, 5.41) is 11.8. The van der Waals surface area contributed by atoms with Gasteiger partial charge in [-0.1, -0.05) is 6.07 Å². The molecule has 1 heterocycles. The van der Waals surface area contributed by atoms with Crippen molar-refractivity contribution in [3.63, 3.8) is 0 Å². The SMILES string of the molecule is CCOC(=O)c1cccc(-c2c(C)ccc[n+]2[O-])c1. The Hall–Kier alpha value is -2.36. The number of esters is 1. The van der Waals surface area contributed by atoms with Crippen LogP contribution >= 0.6 is 0 Å². The van der Waals surface area contributed by atoms with E-state index in [2.05, 4.69) is 0 Å². The van der Waals surface area contributed by atoms with E-state index in [9.17, 15) is 10.0 Å². The van der Waals surface area contributed by atoms with E-state index in [0.717, 1.165) is 10.3 Å². The number of hydrogen-bond acceptors (Lipinski definition) is 3. The number of aromatic nitrogens is 1. The minimum Gasteiger partial charge on any atom is -0.618 e. The molecule has 0 spiro atoms. The van der Waals surface area contributed by atoms with Crippen molar-refractivity contribution >= 4 is 5.97 Å². The summed E-state index contributed by atoms with van der Waals surface area (Å²) in [7, 11) is 0. The van der Waals surface area contributed by atoms with Gasteiger partial charge in [0.05, 0.1) is 12.2 Å². The smallest absolute Gasteiger partial charge is 0.338 e. The summed E-state index contributed by atoms with van der Waals surface area (Å²) in [5.41, 5.74) is 2.56. The van der Waals surface area contributed by atoms with E-state index in [0.29, 0.717) is 23.4 Å². The molecule has 0 fully saturated rings. The monoisotopic (exact) mass is 257 g/mol. The molecule has 2 aromatic rings. The van der Waals surface area contributed by atoms with Crippen molar-refractivity contribution in [3.05, 3.63) is 58.9 Å². The molecular weight excluding hydrogens is 242 g/mol. The predicted molar refractivity (Wildman–Crippen MR) is 71.5 cm³/mol. The summed E-state index contributed by atoms with van der Waals surface area (Å²) in [6.45, 7) is 3.95. The fraction of sp³-hybridized carbons (Fsp3) is 0.200. The molecule has 4 nitrogen and oxygen atoms in total. The molecule has 0 amide bonds. The molecular formula is C15H15NO3. The largest absolute Gasteiger partial charge is 0.618 e. The average Bonchev–Trinajstić information content (AvgIpc) is 2.39. The molecule has 98 valence electrons. The number of rotatable bonds is 3. The highest BCUT2D eigenvalue weighted by Crippen LogP contribution is 2.20. The third-order valence-electron chi connectivity index (χ3n) is 2.81. The number of hydrogen-bond donors (Lipinski definition) is 0. The molecule has 1 aromatic carbocycles. The summed E-state index contributed by atoms with van der Waals surface area (Å²) in [5.74, 6) is -0.379. The summed E-state index contributed by atoms with van der Waals surface area (Å²) < 4.78 is 5.76. The van der Waals surface area contributed by atoms with Gasteiger partial charge in [0.25, 0.3) is 0 Å². The van der Waals surface area contributed by atoms with Gasteiger partial charge in [0.15, 0.2) is 6.20 Å². The Labute approximate surface area is 111 Å². The van der Waals surface area contributed by atoms with E-state index in [4.69, 9.17) is 4.74 Å². The second-order valence-corrected chi connectivity index (χ2v) is 4.17. The van der Waals surface area contributed by atoms with Gasteiger partial charge in [0.1, 0.15) is 0 Å². The summed E-state index contributed by atoms with van der Waals surface area (Å²) in [4.78, 5) is 11.7. The van der Waals surface area contributed by atoms with Crippen LogP contribution in [0, 0.1) is 12.1 Å². The Kier molecular flexibility index (Phi) is 3.80. The van der Waals surface area contributed by atoms with Crippen LogP contribution in [0.15, 0.2) is 42.6 Å². The van der Waals surface area contributed by atoms with Gasteiger partial charge in [-0.25, -0.2) is 4.79 Å². The Bertz CT molecular complexity index is 588. The highest BCUT2D eigenvalue weighted by molar-refractivity contribution is 5.90. The van der Waals surface area contributed by atoms with Gasteiger partial charge in [-0.05, 0) is 38.1 Å². The van der Waals surface area contributed by atoms with Crippen LogP contribution in [-0.4, -0.2) is 12.6 Å². The first-order valence-electron chi connectivity index (χ1n) is 6.10. The molecule has 2 rings (SSSR count). The topological polar surface area (TPSA) is 53.2 Å². The zero-order valence-corrected chi connectivity index (χ0v) is 10.9. The first-order valence-corrected chi connectivity index (χ1v) is 6.10. The zero-order chi connectivity index (χ0) is 13.8. The van der Waals surface area contributed by atoms with Crippen LogP contribution in [0.1, 0.15) is 22.8 Å². The van der Waals surface area contributed by atoms with Gasteiger partial charge in [-0.3, -0.25) is 0 Å². The van der Waals surface area contributed by atoms with Gasteiger partial charge in [-0.2, -0.15) is 4.73 Å². The van der Waals surface area contributed by atoms with Crippen molar-refractivity contribution in [2.75, 3.05) is 6.61 Å². The standard InChI is InChI=1S/C15H15NO3/c1-3-19-15(17)13-8-4-7-12(10-13)14-11(2)6-5-9-16(14)18/h4-10H,3H2,1-2H3. The van der Waals surface area contributed by atoms with Crippen LogP contribution < -0.4 is 4.73 Å². The second kappa shape index (κ2) is 5.52. The molecule has 0 radical (unpaired) electrons. The quantitative estimate of drug-likeness (QED) is 0.482. The lowest BCUT2D eigenvalue weighted by molar-refractivity contribution is -0.594. The molecule has 0 aliphatic heterocycles. The molecule has 19 heavy (non-hydrogen) atoms. The Morgan fingerprint density at radius 1 is 1.32 bits per heavy atom. The van der Waals surface area contributed by atoms with Gasteiger partial charge < -0.3 is 9.94 Å². The number of aryl methyl sites for hydroxylation is 1. The van der Waals surface area contributed by atoms with Crippen molar-refractivity contribution in [1.29, 1.82) is 0 Å². The Morgan fingerprint density at radius 2 is 2.11 bits per heavy atom. The predicted octanol–water partition coefficient (Wildman–Crippen LogP) is 2.47. The lowest BCUT2D eigenvalue weighted by atomic mass is 10.0. The summed E-state index contributed by atoms with van der Waals surface area (Å²) in [6.07, 6.45) is 1.44. The van der Waals surface area contributed by atoms with Crippen LogP contribution in [0.4, 0.5) is 0 Å². The fourth-order valence-corrected chi connectivity index (χ4v) is 1.96. The molecule has 1 aromatic heterocycles. The van der Waals surface area contributed by atoms with Gasteiger partial charge in [0.2, 0.25) is 5.69 Å². The van der Waals surface area contributed by atoms with Crippen molar-refractivity contribution in [1.82, 2.24) is 0 Å².